The number of benzene rings is 1. The Morgan fingerprint density at radius 2 is 1.48 bits per heavy atom. The molecule has 1 aromatic carbocycles. The maximum atomic E-state index is 12.4. The van der Waals surface area contributed by atoms with Crippen LogP contribution in [0.15, 0.2) is 24.3 Å². The monoisotopic (exact) mass is 350 g/mol. The normalized spacial score (nSPS) is 13.2. The van der Waals surface area contributed by atoms with Gasteiger partial charge in [-0.05, 0) is 41.5 Å². The SMILES string of the molecule is CC(C)(C)CC(C(=O)OCCOC(=O)c1ccc(O)cc1)C(C)(C)C. The van der Waals surface area contributed by atoms with E-state index >= 15 is 0 Å². The van der Waals surface area contributed by atoms with Gasteiger partial charge in [-0.1, -0.05) is 41.5 Å². The molecular formula is C20H30O5. The Morgan fingerprint density at radius 3 is 1.96 bits per heavy atom. The van der Waals surface area contributed by atoms with E-state index in [1.165, 1.54) is 24.3 Å². The molecule has 0 radical (unpaired) electrons. The molecule has 0 heterocycles. The lowest BCUT2D eigenvalue weighted by Crippen LogP contribution is -2.34. The third kappa shape index (κ3) is 7.59. The molecule has 0 fully saturated rings. The molecule has 5 heteroatoms. The Balaban J connectivity index is 2.49. The van der Waals surface area contributed by atoms with Crippen molar-refractivity contribution in [3.63, 3.8) is 0 Å². The topological polar surface area (TPSA) is 72.8 Å². The van der Waals surface area contributed by atoms with E-state index in [2.05, 4.69) is 20.8 Å². The molecule has 0 aliphatic carbocycles. The molecule has 0 bridgehead atoms. The van der Waals surface area contributed by atoms with E-state index in [1.54, 1.807) is 0 Å². The first-order valence-corrected chi connectivity index (χ1v) is 8.53. The van der Waals surface area contributed by atoms with Gasteiger partial charge in [-0.2, -0.15) is 0 Å². The average Bonchev–Trinajstić information content (AvgIpc) is 2.47. The summed E-state index contributed by atoms with van der Waals surface area (Å²) < 4.78 is 10.4. The molecule has 0 aliphatic heterocycles. The summed E-state index contributed by atoms with van der Waals surface area (Å²) in [5.74, 6) is -0.918. The van der Waals surface area contributed by atoms with Crippen molar-refractivity contribution in [1.82, 2.24) is 0 Å². The Kier molecular flexibility index (Phi) is 7.03. The Labute approximate surface area is 150 Å². The van der Waals surface area contributed by atoms with E-state index in [0.29, 0.717) is 5.56 Å². The molecule has 5 nitrogen and oxygen atoms in total. The molecule has 0 spiro atoms. The molecule has 1 N–H and O–H groups in total. The van der Waals surface area contributed by atoms with Crippen LogP contribution in [-0.2, 0) is 14.3 Å². The number of rotatable bonds is 6. The van der Waals surface area contributed by atoms with E-state index in [0.717, 1.165) is 6.42 Å². The van der Waals surface area contributed by atoms with Gasteiger partial charge in [0.15, 0.2) is 0 Å². The lowest BCUT2D eigenvalue weighted by atomic mass is 9.72. The maximum absolute atomic E-state index is 12.4. The summed E-state index contributed by atoms with van der Waals surface area (Å²) in [6, 6.07) is 5.78. The second-order valence-corrected chi connectivity index (χ2v) is 8.53. The Hall–Kier alpha value is -2.04. The fourth-order valence-corrected chi connectivity index (χ4v) is 2.41. The second-order valence-electron chi connectivity index (χ2n) is 8.53. The van der Waals surface area contributed by atoms with Gasteiger partial charge >= 0.3 is 11.9 Å². The zero-order chi connectivity index (χ0) is 19.3. The summed E-state index contributed by atoms with van der Waals surface area (Å²) in [6.45, 7) is 12.4. The van der Waals surface area contributed by atoms with E-state index in [-0.39, 0.29) is 41.7 Å². The lowest BCUT2D eigenvalue weighted by Gasteiger charge is -2.33. The van der Waals surface area contributed by atoms with Crippen molar-refractivity contribution in [3.05, 3.63) is 29.8 Å². The highest BCUT2D eigenvalue weighted by molar-refractivity contribution is 5.89. The summed E-state index contributed by atoms with van der Waals surface area (Å²) >= 11 is 0. The third-order valence-corrected chi connectivity index (χ3v) is 3.81. The third-order valence-electron chi connectivity index (χ3n) is 3.81. The van der Waals surface area contributed by atoms with E-state index in [9.17, 15) is 14.7 Å². The highest BCUT2D eigenvalue weighted by Gasteiger charge is 2.35. The molecule has 1 unspecified atom stereocenters. The molecule has 0 amide bonds. The number of phenolic OH excluding ortho intramolecular Hbond substituents is 1. The van der Waals surface area contributed by atoms with Crippen molar-refractivity contribution in [3.8, 4) is 5.75 Å². The Bertz CT molecular complexity index is 576. The first-order valence-electron chi connectivity index (χ1n) is 8.53. The van der Waals surface area contributed by atoms with Crippen LogP contribution in [0.4, 0.5) is 0 Å². The fourth-order valence-electron chi connectivity index (χ4n) is 2.41. The van der Waals surface area contributed by atoms with Crippen LogP contribution >= 0.6 is 0 Å². The van der Waals surface area contributed by atoms with Gasteiger partial charge in [0.2, 0.25) is 0 Å². The first-order chi connectivity index (χ1) is 11.4. The van der Waals surface area contributed by atoms with Gasteiger partial charge in [-0.25, -0.2) is 4.79 Å². The number of carbonyl (C=O) groups is 2. The number of hydrogen-bond acceptors (Lipinski definition) is 5. The predicted octanol–water partition coefficient (Wildman–Crippen LogP) is 4.19. The van der Waals surface area contributed by atoms with Crippen molar-refractivity contribution >= 4 is 11.9 Å². The van der Waals surface area contributed by atoms with Crippen LogP contribution in [0.3, 0.4) is 0 Å². The minimum Gasteiger partial charge on any atom is -0.508 e. The predicted molar refractivity (Wildman–Crippen MR) is 96.4 cm³/mol. The van der Waals surface area contributed by atoms with Crippen LogP contribution in [0.5, 0.6) is 5.75 Å². The minimum absolute atomic E-state index is 0.00215. The molecule has 0 saturated carbocycles. The zero-order valence-corrected chi connectivity index (χ0v) is 16.1. The van der Waals surface area contributed by atoms with Gasteiger partial charge in [0.1, 0.15) is 19.0 Å². The summed E-state index contributed by atoms with van der Waals surface area (Å²) in [5.41, 5.74) is 0.152. The second kappa shape index (κ2) is 8.37. The van der Waals surface area contributed by atoms with Crippen molar-refractivity contribution < 1.29 is 24.2 Å². The fraction of sp³-hybridized carbons (Fsp3) is 0.600. The van der Waals surface area contributed by atoms with Crippen molar-refractivity contribution in [1.29, 1.82) is 0 Å². The highest BCUT2D eigenvalue weighted by Crippen LogP contribution is 2.36. The molecule has 0 saturated heterocycles. The van der Waals surface area contributed by atoms with Gasteiger partial charge in [0, 0.05) is 0 Å². The zero-order valence-electron chi connectivity index (χ0n) is 16.1. The quantitative estimate of drug-likeness (QED) is 0.615. The number of phenols is 1. The molecule has 0 aliphatic rings. The number of ether oxygens (including phenoxy) is 2. The molecule has 0 aromatic heterocycles. The van der Waals surface area contributed by atoms with Gasteiger partial charge in [-0.15, -0.1) is 0 Å². The van der Waals surface area contributed by atoms with Crippen LogP contribution < -0.4 is 0 Å². The first kappa shape index (κ1) is 21.0. The van der Waals surface area contributed by atoms with Crippen LogP contribution in [0.1, 0.15) is 58.3 Å². The Morgan fingerprint density at radius 1 is 0.960 bits per heavy atom. The largest absolute Gasteiger partial charge is 0.508 e. The number of hydrogen-bond donors (Lipinski definition) is 1. The minimum atomic E-state index is -0.516. The van der Waals surface area contributed by atoms with Crippen LogP contribution in [0.25, 0.3) is 0 Å². The molecule has 1 rings (SSSR count). The van der Waals surface area contributed by atoms with Gasteiger partial charge < -0.3 is 14.6 Å². The molecular weight excluding hydrogens is 320 g/mol. The van der Waals surface area contributed by atoms with Crippen molar-refractivity contribution in [2.75, 3.05) is 13.2 Å². The molecule has 25 heavy (non-hydrogen) atoms. The van der Waals surface area contributed by atoms with E-state index < -0.39 is 5.97 Å². The van der Waals surface area contributed by atoms with Crippen LogP contribution in [-0.4, -0.2) is 30.3 Å². The number of carbonyl (C=O) groups excluding carboxylic acids is 2. The summed E-state index contributed by atoms with van der Waals surface area (Å²) in [7, 11) is 0. The molecule has 140 valence electrons. The summed E-state index contributed by atoms with van der Waals surface area (Å²) in [4.78, 5) is 24.3. The van der Waals surface area contributed by atoms with Gasteiger partial charge in [0.25, 0.3) is 0 Å². The highest BCUT2D eigenvalue weighted by atomic mass is 16.6. The molecule has 1 atom stereocenters. The number of esters is 2. The van der Waals surface area contributed by atoms with Crippen molar-refractivity contribution in [2.24, 2.45) is 16.7 Å². The van der Waals surface area contributed by atoms with Crippen LogP contribution in [0.2, 0.25) is 0 Å². The average molecular weight is 350 g/mol. The van der Waals surface area contributed by atoms with Gasteiger partial charge in [-0.3, -0.25) is 4.79 Å². The number of aromatic hydroxyl groups is 1. The van der Waals surface area contributed by atoms with Gasteiger partial charge in [0.05, 0.1) is 11.5 Å². The maximum Gasteiger partial charge on any atom is 0.338 e. The van der Waals surface area contributed by atoms with E-state index in [1.807, 2.05) is 20.8 Å². The summed E-state index contributed by atoms with van der Waals surface area (Å²) in [5, 5.41) is 9.20. The lowest BCUT2D eigenvalue weighted by molar-refractivity contribution is -0.155. The van der Waals surface area contributed by atoms with E-state index in [4.69, 9.17) is 9.47 Å². The van der Waals surface area contributed by atoms with Crippen molar-refractivity contribution in [2.45, 2.75) is 48.0 Å². The smallest absolute Gasteiger partial charge is 0.338 e. The van der Waals surface area contributed by atoms with Crippen LogP contribution in [0, 0.1) is 16.7 Å². The molecule has 1 aromatic rings. The standard InChI is InChI=1S/C20H30O5/c1-19(2,3)13-16(20(4,5)6)18(23)25-12-11-24-17(22)14-7-9-15(21)10-8-14/h7-10,16,21H,11-13H2,1-6H3. The summed E-state index contributed by atoms with van der Waals surface area (Å²) in [6.07, 6.45) is 0.725.